The summed E-state index contributed by atoms with van der Waals surface area (Å²) in [4.78, 5) is 23.4. The lowest BCUT2D eigenvalue weighted by atomic mass is 10.2. The van der Waals surface area contributed by atoms with Crippen molar-refractivity contribution in [1.29, 1.82) is 0 Å². The maximum atomic E-state index is 13.4. The highest BCUT2D eigenvalue weighted by Crippen LogP contribution is 2.20. The second-order valence-electron chi connectivity index (χ2n) is 4.68. The van der Waals surface area contributed by atoms with E-state index in [9.17, 15) is 18.4 Å². The number of benzene rings is 2. The van der Waals surface area contributed by atoms with Gasteiger partial charge in [0.1, 0.15) is 17.2 Å². The number of carbonyl (C=O) groups excluding carboxylic acids is 2. The van der Waals surface area contributed by atoms with Crippen molar-refractivity contribution in [2.45, 2.75) is 6.92 Å². The van der Waals surface area contributed by atoms with E-state index in [1.807, 2.05) is 0 Å². The summed E-state index contributed by atoms with van der Waals surface area (Å²) in [5.41, 5.74) is 0.379. The van der Waals surface area contributed by atoms with Crippen molar-refractivity contribution in [3.05, 3.63) is 64.2 Å². The molecule has 7 heteroatoms. The molecule has 0 aliphatic heterocycles. The fourth-order valence-electron chi connectivity index (χ4n) is 1.81. The highest BCUT2D eigenvalue weighted by molar-refractivity contribution is 6.31. The van der Waals surface area contributed by atoms with Crippen LogP contribution in [0.25, 0.3) is 0 Å². The summed E-state index contributed by atoms with van der Waals surface area (Å²) in [6, 6.07) is 7.87. The molecule has 0 radical (unpaired) electrons. The largest absolute Gasteiger partial charge is 0.452 e. The Morgan fingerprint density at radius 2 is 1.83 bits per heavy atom. The number of ether oxygens (including phenoxy) is 1. The molecule has 0 aromatic heterocycles. The van der Waals surface area contributed by atoms with Crippen LogP contribution in [0.1, 0.15) is 15.9 Å². The first-order valence-corrected chi connectivity index (χ1v) is 6.93. The lowest BCUT2D eigenvalue weighted by Gasteiger charge is -2.10. The number of anilines is 1. The second kappa shape index (κ2) is 7.19. The summed E-state index contributed by atoms with van der Waals surface area (Å²) in [5.74, 6) is -4.01. The number of rotatable bonds is 4. The van der Waals surface area contributed by atoms with Gasteiger partial charge in [-0.05, 0) is 36.8 Å². The summed E-state index contributed by atoms with van der Waals surface area (Å²) < 4.78 is 31.5. The molecule has 0 spiro atoms. The first-order chi connectivity index (χ1) is 10.9. The minimum absolute atomic E-state index is 0.427. The van der Waals surface area contributed by atoms with Crippen LogP contribution in [0.5, 0.6) is 0 Å². The summed E-state index contributed by atoms with van der Waals surface area (Å²) in [6.07, 6.45) is 0. The van der Waals surface area contributed by atoms with Gasteiger partial charge in [0.15, 0.2) is 6.61 Å². The van der Waals surface area contributed by atoms with Gasteiger partial charge in [-0.3, -0.25) is 4.79 Å². The Kier molecular flexibility index (Phi) is 5.28. The normalized spacial score (nSPS) is 10.3. The molecule has 0 fully saturated rings. The van der Waals surface area contributed by atoms with Crippen molar-refractivity contribution >= 4 is 29.2 Å². The number of aryl methyl sites for hydroxylation is 1. The van der Waals surface area contributed by atoms with Crippen molar-refractivity contribution in [2.24, 2.45) is 0 Å². The summed E-state index contributed by atoms with van der Waals surface area (Å²) >= 11 is 5.82. The average Bonchev–Trinajstić information content (AvgIpc) is 2.49. The Bertz CT molecular complexity index is 745. The third kappa shape index (κ3) is 4.26. The zero-order chi connectivity index (χ0) is 17.0. The van der Waals surface area contributed by atoms with Gasteiger partial charge in [-0.2, -0.15) is 0 Å². The smallest absolute Gasteiger partial charge is 0.344 e. The minimum Gasteiger partial charge on any atom is -0.452 e. The number of halogens is 3. The number of esters is 1. The molecule has 0 bridgehead atoms. The third-order valence-electron chi connectivity index (χ3n) is 2.97. The van der Waals surface area contributed by atoms with Crippen molar-refractivity contribution in [3.63, 3.8) is 0 Å². The lowest BCUT2D eigenvalue weighted by molar-refractivity contribution is -0.119. The van der Waals surface area contributed by atoms with E-state index in [1.165, 1.54) is 6.07 Å². The maximum Gasteiger partial charge on any atom is 0.344 e. The first-order valence-electron chi connectivity index (χ1n) is 6.55. The summed E-state index contributed by atoms with van der Waals surface area (Å²) in [5, 5.41) is 2.93. The average molecular weight is 340 g/mol. The van der Waals surface area contributed by atoms with Gasteiger partial charge in [0.25, 0.3) is 5.91 Å². The molecule has 2 aromatic rings. The highest BCUT2D eigenvalue weighted by atomic mass is 35.5. The van der Waals surface area contributed by atoms with E-state index in [4.69, 9.17) is 11.6 Å². The predicted octanol–water partition coefficient (Wildman–Crippen LogP) is 3.72. The molecular formula is C16H12ClF2NO3. The monoisotopic (exact) mass is 339 g/mol. The van der Waals surface area contributed by atoms with Gasteiger partial charge in [0.2, 0.25) is 0 Å². The van der Waals surface area contributed by atoms with Crippen LogP contribution in [0.2, 0.25) is 5.02 Å². The molecule has 120 valence electrons. The first kappa shape index (κ1) is 16.9. The Labute approximate surface area is 136 Å². The molecular weight excluding hydrogens is 328 g/mol. The predicted molar refractivity (Wildman–Crippen MR) is 81.5 cm³/mol. The highest BCUT2D eigenvalue weighted by Gasteiger charge is 2.19. The molecule has 2 aromatic carbocycles. The molecule has 0 aliphatic rings. The maximum absolute atomic E-state index is 13.4. The van der Waals surface area contributed by atoms with Gasteiger partial charge in [0.05, 0.1) is 0 Å². The number of amides is 1. The molecule has 1 amide bonds. The number of carbonyl (C=O) groups is 2. The van der Waals surface area contributed by atoms with E-state index in [1.54, 1.807) is 19.1 Å². The molecule has 23 heavy (non-hydrogen) atoms. The number of hydrogen-bond acceptors (Lipinski definition) is 3. The molecule has 0 saturated heterocycles. The van der Waals surface area contributed by atoms with Crippen molar-refractivity contribution in [2.75, 3.05) is 11.9 Å². The quantitative estimate of drug-likeness (QED) is 0.864. The van der Waals surface area contributed by atoms with Crippen LogP contribution in [-0.4, -0.2) is 18.5 Å². The van der Waals surface area contributed by atoms with Gasteiger partial charge in [0, 0.05) is 10.7 Å². The van der Waals surface area contributed by atoms with Crippen molar-refractivity contribution in [3.8, 4) is 0 Å². The van der Waals surface area contributed by atoms with E-state index in [2.05, 4.69) is 10.1 Å². The molecule has 1 N–H and O–H groups in total. The van der Waals surface area contributed by atoms with Crippen LogP contribution in [0.4, 0.5) is 14.5 Å². The standard InChI is InChI=1S/C16H12ClF2NO3/c1-9-5-6-10(17)7-13(9)20-14(21)8-23-16(22)15-11(18)3-2-4-12(15)19/h2-7H,8H2,1H3,(H,20,21). The van der Waals surface area contributed by atoms with Crippen molar-refractivity contribution in [1.82, 2.24) is 0 Å². The van der Waals surface area contributed by atoms with Crippen molar-refractivity contribution < 1.29 is 23.1 Å². The zero-order valence-corrected chi connectivity index (χ0v) is 12.8. The van der Waals surface area contributed by atoms with E-state index in [-0.39, 0.29) is 0 Å². The fourth-order valence-corrected chi connectivity index (χ4v) is 1.98. The van der Waals surface area contributed by atoms with E-state index in [0.29, 0.717) is 10.7 Å². The fraction of sp³-hybridized carbons (Fsp3) is 0.125. The molecule has 0 saturated carbocycles. The molecule has 0 atom stereocenters. The minimum atomic E-state index is -1.25. The van der Waals surface area contributed by atoms with E-state index < -0.39 is 35.7 Å². The molecule has 4 nitrogen and oxygen atoms in total. The van der Waals surface area contributed by atoms with Gasteiger partial charge in [-0.15, -0.1) is 0 Å². The van der Waals surface area contributed by atoms with Crippen LogP contribution in [0, 0.1) is 18.6 Å². The molecule has 0 aliphatic carbocycles. The summed E-state index contributed by atoms with van der Waals surface area (Å²) in [6.45, 7) is 1.07. The molecule has 2 rings (SSSR count). The Morgan fingerprint density at radius 1 is 1.17 bits per heavy atom. The van der Waals surface area contributed by atoms with Gasteiger partial charge in [-0.1, -0.05) is 23.7 Å². The van der Waals surface area contributed by atoms with Crippen LogP contribution in [-0.2, 0) is 9.53 Å². The van der Waals surface area contributed by atoms with Crippen LogP contribution in [0.3, 0.4) is 0 Å². The Balaban J connectivity index is 1.99. The number of nitrogens with one attached hydrogen (secondary N) is 1. The van der Waals surface area contributed by atoms with Crippen LogP contribution in [0.15, 0.2) is 36.4 Å². The lowest BCUT2D eigenvalue weighted by Crippen LogP contribution is -2.22. The summed E-state index contributed by atoms with van der Waals surface area (Å²) in [7, 11) is 0. The van der Waals surface area contributed by atoms with Gasteiger partial charge >= 0.3 is 5.97 Å². The van der Waals surface area contributed by atoms with E-state index in [0.717, 1.165) is 23.8 Å². The second-order valence-corrected chi connectivity index (χ2v) is 5.12. The van der Waals surface area contributed by atoms with Crippen LogP contribution < -0.4 is 5.32 Å². The van der Waals surface area contributed by atoms with Gasteiger partial charge < -0.3 is 10.1 Å². The topological polar surface area (TPSA) is 55.4 Å². The SMILES string of the molecule is Cc1ccc(Cl)cc1NC(=O)COC(=O)c1c(F)cccc1F. The molecule has 0 unspecified atom stereocenters. The van der Waals surface area contributed by atoms with E-state index >= 15 is 0 Å². The molecule has 0 heterocycles. The van der Waals surface area contributed by atoms with Gasteiger partial charge in [-0.25, -0.2) is 13.6 Å². The Hall–Kier alpha value is -2.47. The van der Waals surface area contributed by atoms with Crippen LogP contribution >= 0.6 is 11.6 Å². The third-order valence-corrected chi connectivity index (χ3v) is 3.21. The number of hydrogen-bond donors (Lipinski definition) is 1. The zero-order valence-electron chi connectivity index (χ0n) is 12.0. The Morgan fingerprint density at radius 3 is 2.48 bits per heavy atom.